The Labute approximate surface area is 102 Å². The minimum absolute atomic E-state index is 0.243. The van der Waals surface area contributed by atoms with Crippen LogP contribution in [0.2, 0.25) is 0 Å². The number of ether oxygens (including phenoxy) is 2. The molecule has 0 amide bonds. The molecule has 0 saturated carbocycles. The molecule has 1 atom stereocenters. The summed E-state index contributed by atoms with van der Waals surface area (Å²) in [5, 5.41) is 3.17. The molecular weight excluding hydrogens is 277 g/mol. The van der Waals surface area contributed by atoms with E-state index in [2.05, 4.69) is 21.2 Å². The number of nitrogens with one attached hydrogen (secondary N) is 1. The lowest BCUT2D eigenvalue weighted by Crippen LogP contribution is -2.34. The van der Waals surface area contributed by atoms with E-state index < -0.39 is 0 Å². The van der Waals surface area contributed by atoms with Crippen molar-refractivity contribution in [3.8, 4) is 5.75 Å². The number of hydrogen-bond acceptors (Lipinski definition) is 3. The Morgan fingerprint density at radius 2 is 2.38 bits per heavy atom. The van der Waals surface area contributed by atoms with Crippen molar-refractivity contribution in [1.29, 1.82) is 0 Å². The zero-order valence-corrected chi connectivity index (χ0v) is 10.5. The highest BCUT2D eigenvalue weighted by atomic mass is 79.9. The smallest absolute Gasteiger partial charge is 0.172 e. The van der Waals surface area contributed by atoms with Crippen LogP contribution in [0, 0.1) is 5.82 Å². The van der Waals surface area contributed by atoms with Gasteiger partial charge in [-0.1, -0.05) is 15.9 Å². The molecule has 1 heterocycles. The lowest BCUT2D eigenvalue weighted by Gasteiger charge is -2.25. The van der Waals surface area contributed by atoms with Gasteiger partial charge in [-0.25, -0.2) is 4.39 Å². The second-order valence-electron chi connectivity index (χ2n) is 3.54. The van der Waals surface area contributed by atoms with Crippen LogP contribution in [0.1, 0.15) is 11.7 Å². The minimum Gasteiger partial charge on any atom is -0.494 e. The van der Waals surface area contributed by atoms with E-state index in [1.807, 2.05) is 0 Å². The summed E-state index contributed by atoms with van der Waals surface area (Å²) in [4.78, 5) is 0. The molecule has 16 heavy (non-hydrogen) atoms. The lowest BCUT2D eigenvalue weighted by molar-refractivity contribution is 0.0248. The van der Waals surface area contributed by atoms with Crippen molar-refractivity contribution in [2.24, 2.45) is 0 Å². The fourth-order valence-corrected chi connectivity index (χ4v) is 2.31. The monoisotopic (exact) mass is 289 g/mol. The Hall–Kier alpha value is -0.650. The van der Waals surface area contributed by atoms with Crippen molar-refractivity contribution in [2.75, 3.05) is 26.8 Å². The first-order chi connectivity index (χ1) is 7.74. The molecule has 1 aromatic carbocycles. The van der Waals surface area contributed by atoms with E-state index in [0.717, 1.165) is 6.54 Å². The predicted octanol–water partition coefficient (Wildman–Crippen LogP) is 2.26. The van der Waals surface area contributed by atoms with Crippen LogP contribution < -0.4 is 10.1 Å². The zero-order chi connectivity index (χ0) is 11.5. The molecule has 5 heteroatoms. The van der Waals surface area contributed by atoms with Gasteiger partial charge in [-0.2, -0.15) is 0 Å². The average molecular weight is 290 g/mol. The van der Waals surface area contributed by atoms with Crippen LogP contribution in [0.25, 0.3) is 0 Å². The van der Waals surface area contributed by atoms with E-state index in [0.29, 0.717) is 23.2 Å². The molecule has 88 valence electrons. The molecule has 1 aliphatic heterocycles. The molecule has 0 spiro atoms. The number of benzene rings is 1. The van der Waals surface area contributed by atoms with Gasteiger partial charge in [-0.05, 0) is 12.1 Å². The summed E-state index contributed by atoms with van der Waals surface area (Å²) in [6.07, 6.45) is -0.266. The Morgan fingerprint density at radius 3 is 3.00 bits per heavy atom. The first kappa shape index (κ1) is 11.8. The summed E-state index contributed by atoms with van der Waals surface area (Å²) in [5.74, 6) is -0.113. The number of morpholine rings is 1. The molecule has 0 aromatic heterocycles. The van der Waals surface area contributed by atoms with Crippen molar-refractivity contribution in [3.05, 3.63) is 28.0 Å². The molecule has 0 bridgehead atoms. The first-order valence-electron chi connectivity index (χ1n) is 5.08. The van der Waals surface area contributed by atoms with Gasteiger partial charge in [0.25, 0.3) is 0 Å². The third-order valence-corrected chi connectivity index (χ3v) is 3.25. The maximum Gasteiger partial charge on any atom is 0.172 e. The molecule has 0 aliphatic carbocycles. The second kappa shape index (κ2) is 5.12. The molecule has 1 fully saturated rings. The fraction of sp³-hybridized carbons (Fsp3) is 0.455. The SMILES string of the molecule is COc1ccc(Br)c(C2CNCCO2)c1F. The van der Waals surface area contributed by atoms with E-state index in [4.69, 9.17) is 9.47 Å². The van der Waals surface area contributed by atoms with E-state index in [1.54, 1.807) is 12.1 Å². The van der Waals surface area contributed by atoms with Crippen molar-refractivity contribution in [1.82, 2.24) is 5.32 Å². The third-order valence-electron chi connectivity index (χ3n) is 2.56. The summed E-state index contributed by atoms with van der Waals surface area (Å²) in [5.41, 5.74) is 0.520. The highest BCUT2D eigenvalue weighted by Crippen LogP contribution is 2.34. The van der Waals surface area contributed by atoms with E-state index in [-0.39, 0.29) is 17.7 Å². The zero-order valence-electron chi connectivity index (χ0n) is 8.93. The van der Waals surface area contributed by atoms with Crippen LogP contribution in [-0.4, -0.2) is 26.8 Å². The quantitative estimate of drug-likeness (QED) is 0.906. The molecule has 0 radical (unpaired) electrons. The van der Waals surface area contributed by atoms with Gasteiger partial charge in [-0.3, -0.25) is 0 Å². The van der Waals surface area contributed by atoms with Gasteiger partial charge >= 0.3 is 0 Å². The summed E-state index contributed by atoms with van der Waals surface area (Å²) in [7, 11) is 1.45. The van der Waals surface area contributed by atoms with Crippen LogP contribution in [0.4, 0.5) is 4.39 Å². The van der Waals surface area contributed by atoms with Crippen molar-refractivity contribution in [3.63, 3.8) is 0 Å². The fourth-order valence-electron chi connectivity index (χ4n) is 1.75. The highest BCUT2D eigenvalue weighted by Gasteiger charge is 2.24. The molecule has 2 rings (SSSR count). The van der Waals surface area contributed by atoms with Gasteiger partial charge in [0.15, 0.2) is 11.6 Å². The van der Waals surface area contributed by atoms with Crippen molar-refractivity contribution >= 4 is 15.9 Å². The summed E-state index contributed by atoms with van der Waals surface area (Å²) in [6.45, 7) is 2.01. The van der Waals surface area contributed by atoms with Gasteiger partial charge in [0.1, 0.15) is 0 Å². The Morgan fingerprint density at radius 1 is 1.56 bits per heavy atom. The maximum absolute atomic E-state index is 14.1. The number of halogens is 2. The molecule has 1 aromatic rings. The van der Waals surface area contributed by atoms with E-state index >= 15 is 0 Å². The third kappa shape index (κ3) is 2.21. The standard InChI is InChI=1S/C11H13BrFNO2/c1-15-8-3-2-7(12)10(11(8)13)9-6-14-4-5-16-9/h2-3,9,14H,4-6H2,1H3. The number of hydrogen-bond donors (Lipinski definition) is 1. The normalized spacial score (nSPS) is 20.8. The van der Waals surface area contributed by atoms with Gasteiger partial charge in [0.05, 0.1) is 19.8 Å². The minimum atomic E-state index is -0.356. The topological polar surface area (TPSA) is 30.5 Å². The summed E-state index contributed by atoms with van der Waals surface area (Å²) in [6, 6.07) is 3.37. The average Bonchev–Trinajstić information content (AvgIpc) is 2.31. The maximum atomic E-state index is 14.1. The van der Waals surface area contributed by atoms with E-state index in [9.17, 15) is 4.39 Å². The first-order valence-corrected chi connectivity index (χ1v) is 5.87. The van der Waals surface area contributed by atoms with Crippen LogP contribution >= 0.6 is 15.9 Å². The molecule has 1 aliphatic rings. The van der Waals surface area contributed by atoms with Gasteiger partial charge in [0.2, 0.25) is 0 Å². The molecule has 1 N–H and O–H groups in total. The number of methoxy groups -OCH3 is 1. The lowest BCUT2D eigenvalue weighted by atomic mass is 10.1. The van der Waals surface area contributed by atoms with Crippen LogP contribution in [0.5, 0.6) is 5.75 Å². The summed E-state index contributed by atoms with van der Waals surface area (Å²) < 4.78 is 25.3. The predicted molar refractivity (Wildman–Crippen MR) is 62.2 cm³/mol. The van der Waals surface area contributed by atoms with Crippen LogP contribution in [-0.2, 0) is 4.74 Å². The van der Waals surface area contributed by atoms with Gasteiger partial charge in [-0.15, -0.1) is 0 Å². The van der Waals surface area contributed by atoms with Crippen molar-refractivity contribution < 1.29 is 13.9 Å². The van der Waals surface area contributed by atoms with Gasteiger partial charge < -0.3 is 14.8 Å². The Bertz CT molecular complexity index is 380. The molecule has 1 saturated heterocycles. The van der Waals surface area contributed by atoms with E-state index in [1.165, 1.54) is 7.11 Å². The molecule has 1 unspecified atom stereocenters. The largest absolute Gasteiger partial charge is 0.494 e. The van der Waals surface area contributed by atoms with Crippen LogP contribution in [0.3, 0.4) is 0 Å². The van der Waals surface area contributed by atoms with Gasteiger partial charge in [0, 0.05) is 23.1 Å². The Balaban J connectivity index is 2.37. The van der Waals surface area contributed by atoms with Crippen molar-refractivity contribution in [2.45, 2.75) is 6.10 Å². The Kier molecular flexibility index (Phi) is 3.78. The molecular formula is C11H13BrFNO2. The molecule has 3 nitrogen and oxygen atoms in total. The summed E-state index contributed by atoms with van der Waals surface area (Å²) >= 11 is 3.34. The van der Waals surface area contributed by atoms with Crippen LogP contribution in [0.15, 0.2) is 16.6 Å². The number of rotatable bonds is 2. The highest BCUT2D eigenvalue weighted by molar-refractivity contribution is 9.10. The second-order valence-corrected chi connectivity index (χ2v) is 4.40.